The molecule has 0 aliphatic heterocycles. The molecule has 0 saturated heterocycles. The summed E-state index contributed by atoms with van der Waals surface area (Å²) in [5, 5.41) is 0. The van der Waals surface area contributed by atoms with Gasteiger partial charge >= 0.3 is 0 Å². The maximum absolute atomic E-state index is 5.41. The molecule has 0 aliphatic carbocycles. The number of thiol groups is 1. The van der Waals surface area contributed by atoms with Gasteiger partial charge in [-0.2, -0.15) is 0 Å². The van der Waals surface area contributed by atoms with Crippen LogP contribution >= 0.6 is 0 Å². The molecule has 1 nitrogen and oxygen atoms in total. The number of ether oxygens (including phenoxy) is 1. The second-order valence-corrected chi connectivity index (χ2v) is 4.63. The molecule has 0 aromatic heterocycles. The van der Waals surface area contributed by atoms with Gasteiger partial charge in [-0.05, 0) is 43.3 Å². The van der Waals surface area contributed by atoms with Crippen molar-refractivity contribution in [1.82, 2.24) is 0 Å². The summed E-state index contributed by atoms with van der Waals surface area (Å²) >= 11 is 1.24. The fraction of sp³-hybridized carbons (Fsp3) is 0.143. The SMILES string of the molecule is CCOc1ccc([SH+]c2ccccc2)cc1. The molecule has 0 amide bonds. The third kappa shape index (κ3) is 3.04. The Morgan fingerprint density at radius 2 is 1.50 bits per heavy atom. The van der Waals surface area contributed by atoms with Crippen LogP contribution in [0.3, 0.4) is 0 Å². The van der Waals surface area contributed by atoms with Crippen LogP contribution in [-0.4, -0.2) is 6.61 Å². The van der Waals surface area contributed by atoms with Crippen LogP contribution in [0.1, 0.15) is 6.92 Å². The van der Waals surface area contributed by atoms with Crippen molar-refractivity contribution in [2.24, 2.45) is 0 Å². The Labute approximate surface area is 100 Å². The van der Waals surface area contributed by atoms with E-state index in [0.717, 1.165) is 12.4 Å². The molecule has 2 heteroatoms. The van der Waals surface area contributed by atoms with E-state index in [4.69, 9.17) is 4.74 Å². The van der Waals surface area contributed by atoms with Gasteiger partial charge in [-0.15, -0.1) is 0 Å². The Kier molecular flexibility index (Phi) is 3.89. The van der Waals surface area contributed by atoms with Crippen LogP contribution in [0.4, 0.5) is 0 Å². The van der Waals surface area contributed by atoms with Crippen molar-refractivity contribution in [2.75, 3.05) is 6.61 Å². The van der Waals surface area contributed by atoms with Crippen LogP contribution in [0.15, 0.2) is 64.4 Å². The first-order chi connectivity index (χ1) is 7.88. The third-order valence-corrected chi connectivity index (χ3v) is 3.27. The molecular weight excluding hydrogens is 216 g/mol. The fourth-order valence-electron chi connectivity index (χ4n) is 1.44. The predicted octanol–water partition coefficient (Wildman–Crippen LogP) is 3.32. The van der Waals surface area contributed by atoms with Crippen molar-refractivity contribution in [3.63, 3.8) is 0 Å². The minimum absolute atomic E-state index is 0.718. The molecule has 0 radical (unpaired) electrons. The van der Waals surface area contributed by atoms with Crippen LogP contribution in [-0.2, 0) is 11.8 Å². The van der Waals surface area contributed by atoms with Crippen LogP contribution in [0.2, 0.25) is 0 Å². The van der Waals surface area contributed by atoms with E-state index in [2.05, 4.69) is 36.4 Å². The van der Waals surface area contributed by atoms with Gasteiger partial charge in [-0.3, -0.25) is 0 Å². The highest BCUT2D eigenvalue weighted by atomic mass is 32.2. The molecule has 2 aromatic rings. The molecule has 0 atom stereocenters. The number of hydrogen-bond acceptors (Lipinski definition) is 1. The Bertz CT molecular complexity index is 422. The van der Waals surface area contributed by atoms with E-state index in [1.165, 1.54) is 21.6 Å². The second-order valence-electron chi connectivity index (χ2n) is 3.37. The van der Waals surface area contributed by atoms with Gasteiger partial charge in [0.15, 0.2) is 9.79 Å². The molecule has 2 aromatic carbocycles. The lowest BCUT2D eigenvalue weighted by Crippen LogP contribution is -1.91. The van der Waals surface area contributed by atoms with Gasteiger partial charge in [0.05, 0.1) is 6.61 Å². The highest BCUT2D eigenvalue weighted by Crippen LogP contribution is 2.16. The lowest BCUT2D eigenvalue weighted by Gasteiger charge is -2.01. The number of rotatable bonds is 4. The standard InChI is InChI=1S/C14H14OS/c1-2-15-12-8-10-14(11-9-12)16-13-6-4-3-5-7-13/h3-11H,2H2,1H3/p+1. The Morgan fingerprint density at radius 3 is 2.12 bits per heavy atom. The van der Waals surface area contributed by atoms with Crippen LogP contribution < -0.4 is 4.74 Å². The van der Waals surface area contributed by atoms with Gasteiger partial charge in [0, 0.05) is 11.8 Å². The molecule has 0 aliphatic rings. The predicted molar refractivity (Wildman–Crippen MR) is 69.3 cm³/mol. The van der Waals surface area contributed by atoms with Crippen LogP contribution in [0.25, 0.3) is 0 Å². The quantitative estimate of drug-likeness (QED) is 0.579. The van der Waals surface area contributed by atoms with E-state index < -0.39 is 0 Å². The summed E-state index contributed by atoms with van der Waals surface area (Å²) in [5.41, 5.74) is 0. The van der Waals surface area contributed by atoms with Gasteiger partial charge in [0.25, 0.3) is 0 Å². The van der Waals surface area contributed by atoms with Gasteiger partial charge in [-0.25, -0.2) is 0 Å². The van der Waals surface area contributed by atoms with Crippen molar-refractivity contribution in [3.05, 3.63) is 54.6 Å². The molecular formula is C14H15OS+. The van der Waals surface area contributed by atoms with E-state index in [9.17, 15) is 0 Å². The summed E-state index contributed by atoms with van der Waals surface area (Å²) in [5.74, 6) is 0.939. The summed E-state index contributed by atoms with van der Waals surface area (Å²) in [6.45, 7) is 2.71. The largest absolute Gasteiger partial charge is 0.494 e. The van der Waals surface area contributed by atoms with E-state index in [0.29, 0.717) is 0 Å². The lowest BCUT2D eigenvalue weighted by molar-refractivity contribution is 0.340. The topological polar surface area (TPSA) is 9.23 Å². The fourth-order valence-corrected chi connectivity index (χ4v) is 2.35. The third-order valence-electron chi connectivity index (χ3n) is 2.16. The Balaban J connectivity index is 2.05. The normalized spacial score (nSPS) is 10.1. The average molecular weight is 231 g/mol. The number of hydrogen-bond donors (Lipinski definition) is 0. The highest BCUT2D eigenvalue weighted by molar-refractivity contribution is 7.78. The zero-order valence-electron chi connectivity index (χ0n) is 9.26. The van der Waals surface area contributed by atoms with Crippen molar-refractivity contribution in [2.45, 2.75) is 16.7 Å². The first-order valence-electron chi connectivity index (χ1n) is 5.38. The van der Waals surface area contributed by atoms with Crippen molar-refractivity contribution < 1.29 is 4.74 Å². The molecule has 0 unspecified atom stereocenters. The zero-order valence-corrected chi connectivity index (χ0v) is 10.2. The van der Waals surface area contributed by atoms with Crippen LogP contribution in [0.5, 0.6) is 5.75 Å². The smallest absolute Gasteiger partial charge is 0.158 e. The van der Waals surface area contributed by atoms with Gasteiger partial charge in [-0.1, -0.05) is 18.2 Å². The highest BCUT2D eigenvalue weighted by Gasteiger charge is 2.05. The van der Waals surface area contributed by atoms with E-state index in [1.807, 2.05) is 25.1 Å². The Morgan fingerprint density at radius 1 is 0.875 bits per heavy atom. The first kappa shape index (κ1) is 11.1. The molecule has 0 fully saturated rings. The van der Waals surface area contributed by atoms with E-state index >= 15 is 0 Å². The van der Waals surface area contributed by atoms with E-state index in [1.54, 1.807) is 0 Å². The average Bonchev–Trinajstić information content (AvgIpc) is 2.33. The van der Waals surface area contributed by atoms with Crippen molar-refractivity contribution >= 4 is 11.8 Å². The van der Waals surface area contributed by atoms with Gasteiger partial charge in [0.2, 0.25) is 0 Å². The zero-order chi connectivity index (χ0) is 11.2. The molecule has 82 valence electrons. The minimum Gasteiger partial charge on any atom is -0.494 e. The maximum Gasteiger partial charge on any atom is 0.158 e. The summed E-state index contributed by atoms with van der Waals surface area (Å²) in [4.78, 5) is 2.60. The monoisotopic (exact) mass is 231 g/mol. The first-order valence-corrected chi connectivity index (χ1v) is 6.27. The number of benzene rings is 2. The van der Waals surface area contributed by atoms with Gasteiger partial charge < -0.3 is 4.74 Å². The molecule has 0 N–H and O–H groups in total. The second kappa shape index (κ2) is 5.61. The molecule has 0 spiro atoms. The Hall–Kier alpha value is -1.41. The van der Waals surface area contributed by atoms with Crippen LogP contribution in [0, 0.1) is 0 Å². The lowest BCUT2D eigenvalue weighted by atomic mass is 10.3. The summed E-state index contributed by atoms with van der Waals surface area (Å²) in [6, 6.07) is 18.7. The molecule has 0 heterocycles. The molecule has 2 rings (SSSR count). The summed E-state index contributed by atoms with van der Waals surface area (Å²) in [6.07, 6.45) is 0. The molecule has 0 saturated carbocycles. The molecule has 16 heavy (non-hydrogen) atoms. The molecule has 0 bridgehead atoms. The summed E-state index contributed by atoms with van der Waals surface area (Å²) in [7, 11) is 0. The van der Waals surface area contributed by atoms with Crippen molar-refractivity contribution in [1.29, 1.82) is 0 Å². The van der Waals surface area contributed by atoms with E-state index in [-0.39, 0.29) is 0 Å². The van der Waals surface area contributed by atoms with Gasteiger partial charge in [0.1, 0.15) is 5.75 Å². The minimum atomic E-state index is 0.718. The summed E-state index contributed by atoms with van der Waals surface area (Å²) < 4.78 is 5.41. The van der Waals surface area contributed by atoms with Crippen molar-refractivity contribution in [3.8, 4) is 5.75 Å². The maximum atomic E-state index is 5.41.